The van der Waals surface area contributed by atoms with Gasteiger partial charge in [0, 0.05) is 39.8 Å². The van der Waals surface area contributed by atoms with Gasteiger partial charge in [-0.1, -0.05) is 43.9 Å². The van der Waals surface area contributed by atoms with Crippen molar-refractivity contribution in [2.45, 2.75) is 26.8 Å². The van der Waals surface area contributed by atoms with Crippen LogP contribution in [-0.2, 0) is 6.54 Å². The highest BCUT2D eigenvalue weighted by atomic mass is 16.5. The molecule has 0 amide bonds. The maximum absolute atomic E-state index is 13.0. The van der Waals surface area contributed by atoms with Crippen LogP contribution in [-0.4, -0.2) is 20.2 Å². The second-order valence-corrected chi connectivity index (χ2v) is 9.51. The molecule has 4 aromatic rings. The Bertz CT molecular complexity index is 1490. The fourth-order valence-electron chi connectivity index (χ4n) is 5.44. The van der Waals surface area contributed by atoms with Gasteiger partial charge in [0.05, 0.1) is 25.8 Å². The summed E-state index contributed by atoms with van der Waals surface area (Å²) in [6, 6.07) is 11.4. The Morgan fingerprint density at radius 1 is 1.00 bits per heavy atom. The van der Waals surface area contributed by atoms with Crippen LogP contribution < -0.4 is 26.0 Å². The molecule has 2 aromatic carbocycles. The van der Waals surface area contributed by atoms with Crippen molar-refractivity contribution in [2.75, 3.05) is 20.2 Å². The van der Waals surface area contributed by atoms with E-state index in [1.165, 1.54) is 30.6 Å². The highest BCUT2D eigenvalue weighted by Crippen LogP contribution is 2.33. The first-order chi connectivity index (χ1) is 16.3. The molecular formula is C27H27NO6. The minimum Gasteiger partial charge on any atom is -0.872 e. The number of quaternary nitrogens is 1. The summed E-state index contributed by atoms with van der Waals surface area (Å²) in [5, 5.41) is 14.1. The Morgan fingerprint density at radius 2 is 1.76 bits per heavy atom. The van der Waals surface area contributed by atoms with Gasteiger partial charge in [-0.25, -0.2) is 9.59 Å². The largest absolute Gasteiger partial charge is 0.872 e. The van der Waals surface area contributed by atoms with Crippen LogP contribution >= 0.6 is 0 Å². The Kier molecular flexibility index (Phi) is 5.65. The fourth-order valence-corrected chi connectivity index (χ4v) is 5.44. The van der Waals surface area contributed by atoms with Gasteiger partial charge in [-0.2, -0.15) is 0 Å². The van der Waals surface area contributed by atoms with Crippen molar-refractivity contribution >= 4 is 21.9 Å². The SMILES string of the molecule is COc1cccc2cc(-c3cc(=O)oc4c(C[NH+]5CC(C)CC(C)C5)c([O-])ccc34)c(=O)oc12. The van der Waals surface area contributed by atoms with Gasteiger partial charge in [-0.3, -0.25) is 0 Å². The minimum atomic E-state index is -0.616. The molecule has 0 aliphatic carbocycles. The summed E-state index contributed by atoms with van der Waals surface area (Å²) in [5.74, 6) is 1.41. The summed E-state index contributed by atoms with van der Waals surface area (Å²) in [6.07, 6.45) is 1.17. The number of hydrogen-bond acceptors (Lipinski definition) is 6. The maximum Gasteiger partial charge on any atom is 0.344 e. The van der Waals surface area contributed by atoms with E-state index in [1.807, 2.05) is 0 Å². The number of rotatable bonds is 4. The zero-order chi connectivity index (χ0) is 24.0. The topological polar surface area (TPSA) is 97.1 Å². The second kappa shape index (κ2) is 8.65. The van der Waals surface area contributed by atoms with E-state index in [-0.39, 0.29) is 16.9 Å². The lowest BCUT2D eigenvalue weighted by Crippen LogP contribution is -3.13. The van der Waals surface area contributed by atoms with Crippen molar-refractivity contribution in [1.82, 2.24) is 0 Å². The highest BCUT2D eigenvalue weighted by Gasteiger charge is 2.26. The zero-order valence-corrected chi connectivity index (χ0v) is 19.5. The van der Waals surface area contributed by atoms with E-state index in [2.05, 4.69) is 13.8 Å². The van der Waals surface area contributed by atoms with Crippen LogP contribution in [0.1, 0.15) is 25.8 Å². The molecular weight excluding hydrogens is 434 g/mol. The van der Waals surface area contributed by atoms with E-state index in [9.17, 15) is 14.7 Å². The fraction of sp³-hybridized carbons (Fsp3) is 0.333. The molecule has 1 saturated heterocycles. The second-order valence-electron chi connectivity index (χ2n) is 9.51. The van der Waals surface area contributed by atoms with Gasteiger partial charge in [0.15, 0.2) is 11.3 Å². The third kappa shape index (κ3) is 3.96. The lowest BCUT2D eigenvalue weighted by atomic mass is 9.91. The number of hydrogen-bond donors (Lipinski definition) is 1. The number of piperidine rings is 1. The minimum absolute atomic E-state index is 0.165. The quantitative estimate of drug-likeness (QED) is 0.470. The van der Waals surface area contributed by atoms with Crippen molar-refractivity contribution in [1.29, 1.82) is 0 Å². The van der Waals surface area contributed by atoms with E-state index in [1.54, 1.807) is 30.3 Å². The van der Waals surface area contributed by atoms with E-state index in [0.717, 1.165) is 13.1 Å². The van der Waals surface area contributed by atoms with Crippen molar-refractivity contribution in [3.8, 4) is 22.6 Å². The van der Waals surface area contributed by atoms with Crippen LogP contribution in [0.2, 0.25) is 0 Å². The van der Waals surface area contributed by atoms with Gasteiger partial charge in [0.25, 0.3) is 0 Å². The maximum atomic E-state index is 13.0. The van der Waals surface area contributed by atoms with Gasteiger partial charge in [0.1, 0.15) is 12.1 Å². The molecule has 2 aromatic heterocycles. The Morgan fingerprint density at radius 3 is 2.50 bits per heavy atom. The number of nitrogens with one attached hydrogen (secondary N) is 1. The average Bonchev–Trinajstić information content (AvgIpc) is 2.79. The van der Waals surface area contributed by atoms with E-state index < -0.39 is 11.3 Å². The monoisotopic (exact) mass is 461 g/mol. The van der Waals surface area contributed by atoms with Crippen LogP contribution in [0.4, 0.5) is 0 Å². The molecule has 176 valence electrons. The number of likely N-dealkylation sites (tertiary alicyclic amines) is 1. The Hall–Kier alpha value is -3.58. The number of para-hydroxylation sites is 1. The normalized spacial score (nSPS) is 20.6. The van der Waals surface area contributed by atoms with E-state index in [4.69, 9.17) is 13.6 Å². The molecule has 1 aliphatic heterocycles. The van der Waals surface area contributed by atoms with Gasteiger partial charge in [-0.15, -0.1) is 0 Å². The van der Waals surface area contributed by atoms with Crippen LogP contribution in [0.15, 0.2) is 60.9 Å². The third-order valence-corrected chi connectivity index (χ3v) is 6.71. The molecule has 3 heterocycles. The van der Waals surface area contributed by atoms with Crippen LogP contribution in [0, 0.1) is 11.8 Å². The molecule has 7 nitrogen and oxygen atoms in total. The molecule has 1 N–H and O–H groups in total. The van der Waals surface area contributed by atoms with Crippen molar-refractivity contribution in [3.63, 3.8) is 0 Å². The van der Waals surface area contributed by atoms with Crippen molar-refractivity contribution < 1.29 is 23.6 Å². The lowest BCUT2D eigenvalue weighted by Gasteiger charge is -2.33. The van der Waals surface area contributed by atoms with Crippen molar-refractivity contribution in [3.05, 3.63) is 68.9 Å². The predicted octanol–water partition coefficient (Wildman–Crippen LogP) is 2.71. The number of fused-ring (bicyclic) bond motifs is 2. The van der Waals surface area contributed by atoms with Gasteiger partial charge < -0.3 is 23.6 Å². The molecule has 0 saturated carbocycles. The molecule has 1 fully saturated rings. The number of benzene rings is 2. The van der Waals surface area contributed by atoms with E-state index >= 15 is 0 Å². The number of methoxy groups -OCH3 is 1. The first-order valence-corrected chi connectivity index (χ1v) is 11.6. The van der Waals surface area contributed by atoms with Gasteiger partial charge in [-0.05, 0) is 18.6 Å². The van der Waals surface area contributed by atoms with Gasteiger partial charge >= 0.3 is 11.3 Å². The highest BCUT2D eigenvalue weighted by molar-refractivity contribution is 5.97. The summed E-state index contributed by atoms with van der Waals surface area (Å²) in [6.45, 7) is 6.84. The molecule has 0 radical (unpaired) electrons. The predicted molar refractivity (Wildman–Crippen MR) is 127 cm³/mol. The standard InChI is InChI=1S/C27H27NO6/c1-15-9-16(2)13-28(12-15)14-21-22(29)8-7-18-19(11-24(30)33-26(18)21)20-10-17-5-4-6-23(32-3)25(17)34-27(20)31/h4-8,10-11,15-16,29H,9,12-14H2,1-3H3. The summed E-state index contributed by atoms with van der Waals surface area (Å²) < 4.78 is 16.5. The summed E-state index contributed by atoms with van der Waals surface area (Å²) in [5.41, 5.74) is 0.469. The Balaban J connectivity index is 1.68. The van der Waals surface area contributed by atoms with E-state index in [0.29, 0.717) is 51.6 Å². The van der Waals surface area contributed by atoms with Crippen LogP contribution in [0.3, 0.4) is 0 Å². The first-order valence-electron chi connectivity index (χ1n) is 11.6. The molecule has 5 rings (SSSR count). The first kappa shape index (κ1) is 22.2. The molecule has 2 unspecified atom stereocenters. The summed E-state index contributed by atoms with van der Waals surface area (Å²) >= 11 is 0. The molecule has 1 aliphatic rings. The number of ether oxygens (including phenoxy) is 1. The van der Waals surface area contributed by atoms with Crippen LogP contribution in [0.5, 0.6) is 11.5 Å². The summed E-state index contributed by atoms with van der Waals surface area (Å²) in [4.78, 5) is 26.9. The molecule has 34 heavy (non-hydrogen) atoms. The lowest BCUT2D eigenvalue weighted by molar-refractivity contribution is -0.925. The summed E-state index contributed by atoms with van der Waals surface area (Å²) in [7, 11) is 1.51. The van der Waals surface area contributed by atoms with Gasteiger partial charge in [0.2, 0.25) is 0 Å². The Labute approximate surface area is 196 Å². The molecule has 0 bridgehead atoms. The molecule has 0 spiro atoms. The molecule has 2 atom stereocenters. The average molecular weight is 462 g/mol. The molecule has 7 heteroatoms. The van der Waals surface area contributed by atoms with Crippen molar-refractivity contribution in [2.24, 2.45) is 11.8 Å². The third-order valence-electron chi connectivity index (χ3n) is 6.71. The zero-order valence-electron chi connectivity index (χ0n) is 19.5. The van der Waals surface area contributed by atoms with Crippen LogP contribution in [0.25, 0.3) is 33.1 Å². The smallest absolute Gasteiger partial charge is 0.344 e.